The molecule has 0 unspecified atom stereocenters. The summed E-state index contributed by atoms with van der Waals surface area (Å²) in [6, 6.07) is 13.2. The summed E-state index contributed by atoms with van der Waals surface area (Å²) in [5.41, 5.74) is 4.89. The molecule has 1 heterocycles. The van der Waals surface area contributed by atoms with Gasteiger partial charge in [-0.15, -0.1) is 11.3 Å². The van der Waals surface area contributed by atoms with E-state index in [0.29, 0.717) is 16.4 Å². The van der Waals surface area contributed by atoms with E-state index in [2.05, 4.69) is 20.8 Å². The smallest absolute Gasteiger partial charge is 0.341 e. The Bertz CT molecular complexity index is 954. The molecule has 2 aromatic carbocycles. The minimum absolute atomic E-state index is 0.0530. The number of nitrogens with one attached hydrogen (secondary N) is 2. The Morgan fingerprint density at radius 1 is 1.15 bits per heavy atom. The number of phenolic OH excluding ortho intramolecular Hbond substituents is 2. The van der Waals surface area contributed by atoms with Gasteiger partial charge in [-0.2, -0.15) is 5.10 Å². The molecule has 0 aliphatic heterocycles. The summed E-state index contributed by atoms with van der Waals surface area (Å²) in [5.74, 6) is -0.177. The molecule has 26 heavy (non-hydrogen) atoms. The minimum atomic E-state index is -0.545. The van der Waals surface area contributed by atoms with Crippen molar-refractivity contribution in [2.24, 2.45) is 5.10 Å². The zero-order chi connectivity index (χ0) is 18.5. The van der Waals surface area contributed by atoms with Crippen LogP contribution < -0.4 is 10.7 Å². The van der Waals surface area contributed by atoms with Gasteiger partial charge in [0.15, 0.2) is 5.13 Å². The quantitative estimate of drug-likeness (QED) is 0.415. The van der Waals surface area contributed by atoms with E-state index >= 15 is 0 Å². The molecule has 3 rings (SSSR count). The zero-order valence-electron chi connectivity index (χ0n) is 13.8. The number of hydrogen-bond donors (Lipinski definition) is 4. The number of carbonyl (C=O) groups excluding carboxylic acids is 1. The van der Waals surface area contributed by atoms with Crippen LogP contribution in [0.1, 0.15) is 12.5 Å². The second-order valence-corrected chi connectivity index (χ2v) is 6.23. The van der Waals surface area contributed by atoms with Gasteiger partial charge in [0, 0.05) is 22.6 Å². The Morgan fingerprint density at radius 3 is 2.65 bits per heavy atom. The number of aromatic hydroxyl groups is 2. The normalized spacial score (nSPS) is 11.2. The molecule has 1 aromatic heterocycles. The number of anilines is 1. The molecular formula is C18H16N4O3S. The first kappa shape index (κ1) is 17.4. The second-order valence-electron chi connectivity index (χ2n) is 5.37. The summed E-state index contributed by atoms with van der Waals surface area (Å²) in [5, 5.41) is 27.9. The van der Waals surface area contributed by atoms with Gasteiger partial charge in [-0.25, -0.2) is 15.2 Å². The van der Waals surface area contributed by atoms with Gasteiger partial charge in [0.05, 0.1) is 11.4 Å². The molecule has 0 aliphatic rings. The van der Waals surface area contributed by atoms with Crippen molar-refractivity contribution >= 4 is 28.2 Å². The van der Waals surface area contributed by atoms with Crippen LogP contribution in [0.15, 0.2) is 59.0 Å². The van der Waals surface area contributed by atoms with E-state index in [4.69, 9.17) is 0 Å². The summed E-state index contributed by atoms with van der Waals surface area (Å²) < 4.78 is 0. The van der Waals surface area contributed by atoms with E-state index in [1.165, 1.54) is 29.5 Å². The van der Waals surface area contributed by atoms with E-state index in [9.17, 15) is 15.0 Å². The standard InChI is InChI=1S/C18H16N4O3S/c1-11(14-8-7-13(23)9-16(14)24)21-22-17(25)20-18-19-15(10-26-18)12-5-3-2-4-6-12/h2-10,23-24H,1H3,(H2,19,20,22,25)/b21-11-. The van der Waals surface area contributed by atoms with Crippen LogP contribution in [0.5, 0.6) is 11.5 Å². The zero-order valence-corrected chi connectivity index (χ0v) is 14.6. The van der Waals surface area contributed by atoms with Crippen molar-refractivity contribution in [1.82, 2.24) is 10.4 Å². The number of urea groups is 1. The van der Waals surface area contributed by atoms with Crippen LogP contribution in [0.3, 0.4) is 0 Å². The van der Waals surface area contributed by atoms with Gasteiger partial charge in [0.2, 0.25) is 0 Å². The first-order valence-electron chi connectivity index (χ1n) is 7.67. The van der Waals surface area contributed by atoms with Crippen molar-refractivity contribution in [3.63, 3.8) is 0 Å². The molecule has 0 bridgehead atoms. The van der Waals surface area contributed by atoms with Crippen molar-refractivity contribution in [3.05, 3.63) is 59.5 Å². The number of phenols is 2. The van der Waals surface area contributed by atoms with Crippen LogP contribution in [0.2, 0.25) is 0 Å². The average Bonchev–Trinajstić information content (AvgIpc) is 3.09. The molecule has 0 radical (unpaired) electrons. The Kier molecular flexibility index (Phi) is 5.14. The number of hydrazone groups is 1. The number of rotatable bonds is 4. The van der Waals surface area contributed by atoms with Crippen LogP contribution in [0, 0.1) is 0 Å². The topological polar surface area (TPSA) is 107 Å². The molecule has 7 nitrogen and oxygen atoms in total. The van der Waals surface area contributed by atoms with Crippen molar-refractivity contribution in [2.45, 2.75) is 6.92 Å². The summed E-state index contributed by atoms with van der Waals surface area (Å²) in [4.78, 5) is 16.3. The average molecular weight is 368 g/mol. The van der Waals surface area contributed by atoms with Crippen LogP contribution in [0.25, 0.3) is 11.3 Å². The Balaban J connectivity index is 1.63. The second kappa shape index (κ2) is 7.66. The van der Waals surface area contributed by atoms with Gasteiger partial charge in [-0.05, 0) is 19.1 Å². The predicted octanol–water partition coefficient (Wildman–Crippen LogP) is 3.77. The molecule has 0 fully saturated rings. The molecule has 0 aliphatic carbocycles. The number of nitrogens with zero attached hydrogens (tertiary/aromatic N) is 2. The van der Waals surface area contributed by atoms with Gasteiger partial charge >= 0.3 is 6.03 Å². The number of aromatic nitrogens is 1. The highest BCUT2D eigenvalue weighted by atomic mass is 32.1. The van der Waals surface area contributed by atoms with Crippen LogP contribution in [-0.4, -0.2) is 26.9 Å². The fraction of sp³-hybridized carbons (Fsp3) is 0.0556. The number of carbonyl (C=O) groups is 1. The molecule has 132 valence electrons. The molecule has 0 atom stereocenters. The van der Waals surface area contributed by atoms with Gasteiger partial charge < -0.3 is 10.2 Å². The molecule has 3 aromatic rings. The number of amides is 2. The van der Waals surface area contributed by atoms with Gasteiger partial charge in [0.25, 0.3) is 0 Å². The van der Waals surface area contributed by atoms with Crippen molar-refractivity contribution < 1.29 is 15.0 Å². The lowest BCUT2D eigenvalue weighted by Gasteiger charge is -2.05. The molecule has 0 saturated heterocycles. The minimum Gasteiger partial charge on any atom is -0.508 e. The first-order chi connectivity index (χ1) is 12.5. The number of hydrogen-bond acceptors (Lipinski definition) is 6. The first-order valence-corrected chi connectivity index (χ1v) is 8.55. The van der Waals surface area contributed by atoms with Crippen LogP contribution >= 0.6 is 11.3 Å². The van der Waals surface area contributed by atoms with Crippen molar-refractivity contribution in [3.8, 4) is 22.8 Å². The molecule has 4 N–H and O–H groups in total. The van der Waals surface area contributed by atoms with Gasteiger partial charge in [-0.3, -0.25) is 5.32 Å². The molecular weight excluding hydrogens is 352 g/mol. The summed E-state index contributed by atoms with van der Waals surface area (Å²) in [6.45, 7) is 1.63. The van der Waals surface area contributed by atoms with Crippen molar-refractivity contribution in [2.75, 3.05) is 5.32 Å². The van der Waals surface area contributed by atoms with E-state index in [1.807, 2.05) is 35.7 Å². The number of benzene rings is 2. The van der Waals surface area contributed by atoms with E-state index in [-0.39, 0.29) is 11.5 Å². The van der Waals surface area contributed by atoms with Crippen LogP contribution in [0.4, 0.5) is 9.93 Å². The molecule has 0 spiro atoms. The molecule has 8 heteroatoms. The third-order valence-corrected chi connectivity index (χ3v) is 4.25. The maximum absolute atomic E-state index is 12.0. The predicted molar refractivity (Wildman–Crippen MR) is 102 cm³/mol. The fourth-order valence-corrected chi connectivity index (χ4v) is 2.93. The maximum Gasteiger partial charge on any atom is 0.341 e. The van der Waals surface area contributed by atoms with E-state index in [1.54, 1.807) is 6.92 Å². The maximum atomic E-state index is 12.0. The third kappa shape index (κ3) is 4.17. The lowest BCUT2D eigenvalue weighted by Crippen LogP contribution is -2.25. The van der Waals surface area contributed by atoms with Crippen molar-refractivity contribution in [1.29, 1.82) is 0 Å². The highest BCUT2D eigenvalue weighted by Gasteiger charge is 2.09. The van der Waals surface area contributed by atoms with Crippen LogP contribution in [-0.2, 0) is 0 Å². The fourth-order valence-electron chi connectivity index (χ4n) is 2.22. The Labute approximate surface area is 153 Å². The van der Waals surface area contributed by atoms with Gasteiger partial charge in [-0.1, -0.05) is 30.3 Å². The lowest BCUT2D eigenvalue weighted by atomic mass is 10.1. The summed E-state index contributed by atoms with van der Waals surface area (Å²) >= 11 is 1.31. The monoisotopic (exact) mass is 368 g/mol. The highest BCUT2D eigenvalue weighted by molar-refractivity contribution is 7.14. The third-order valence-electron chi connectivity index (χ3n) is 3.49. The van der Waals surface area contributed by atoms with E-state index in [0.717, 1.165) is 11.3 Å². The number of thiazole rings is 1. The lowest BCUT2D eigenvalue weighted by molar-refractivity contribution is 0.252. The SMILES string of the molecule is C/C(=N/NC(=O)Nc1nc(-c2ccccc2)cs1)c1ccc(O)cc1O. The summed E-state index contributed by atoms with van der Waals surface area (Å²) in [7, 11) is 0. The van der Waals surface area contributed by atoms with Gasteiger partial charge in [0.1, 0.15) is 11.5 Å². The Morgan fingerprint density at radius 2 is 1.92 bits per heavy atom. The molecule has 2 amide bonds. The highest BCUT2D eigenvalue weighted by Crippen LogP contribution is 2.25. The summed E-state index contributed by atoms with van der Waals surface area (Å²) in [6.07, 6.45) is 0. The molecule has 0 saturated carbocycles. The largest absolute Gasteiger partial charge is 0.508 e. The Hall–Kier alpha value is -3.39. The van der Waals surface area contributed by atoms with E-state index < -0.39 is 6.03 Å².